The number of carbonyl (C=O) groups is 1. The van der Waals surface area contributed by atoms with Crippen LogP contribution < -0.4 is 11.1 Å². The smallest absolute Gasteiger partial charge is 0.425 e. The Labute approximate surface area is 173 Å². The van der Waals surface area contributed by atoms with E-state index >= 15 is 0 Å². The van der Waals surface area contributed by atoms with Crippen molar-refractivity contribution in [2.75, 3.05) is 5.32 Å². The lowest BCUT2D eigenvalue weighted by atomic mass is 9.86. The summed E-state index contributed by atoms with van der Waals surface area (Å²) in [6.07, 6.45) is -5.53. The molecule has 162 valence electrons. The Hall–Kier alpha value is -3.75. The lowest BCUT2D eigenvalue weighted by molar-refractivity contribution is -0.208. The number of rotatable bonds is 3. The van der Waals surface area contributed by atoms with Gasteiger partial charge in [0.15, 0.2) is 6.10 Å². The number of nitriles is 1. The number of nitrogens with two attached hydrogens (primary N) is 1. The molecule has 1 aliphatic rings. The molecule has 0 saturated heterocycles. The third kappa shape index (κ3) is 4.55. The second-order valence-electron chi connectivity index (χ2n) is 7.09. The van der Waals surface area contributed by atoms with Crippen molar-refractivity contribution in [3.05, 3.63) is 52.9 Å². The molecular formula is C19H16F4N6O2. The van der Waals surface area contributed by atoms with Gasteiger partial charge in [0.25, 0.3) is 11.9 Å². The average Bonchev–Trinajstić information content (AvgIpc) is 2.67. The predicted octanol–water partition coefficient (Wildman–Crippen LogP) is 2.93. The van der Waals surface area contributed by atoms with Gasteiger partial charge < -0.3 is 15.8 Å². The number of aromatic nitrogens is 2. The molecule has 3 N–H and O–H groups in total. The van der Waals surface area contributed by atoms with Gasteiger partial charge in [0.1, 0.15) is 11.8 Å². The molecule has 0 bridgehead atoms. The van der Waals surface area contributed by atoms with E-state index in [2.05, 4.69) is 25.0 Å². The maximum absolute atomic E-state index is 14.5. The number of halogens is 4. The molecule has 2 aromatic rings. The van der Waals surface area contributed by atoms with Crippen LogP contribution in [0.1, 0.15) is 40.5 Å². The van der Waals surface area contributed by atoms with E-state index in [9.17, 15) is 22.4 Å². The van der Waals surface area contributed by atoms with Crippen LogP contribution >= 0.6 is 0 Å². The topological polar surface area (TPSA) is 126 Å². The van der Waals surface area contributed by atoms with Gasteiger partial charge in [-0.3, -0.25) is 4.79 Å². The molecule has 2 unspecified atom stereocenters. The van der Waals surface area contributed by atoms with Crippen molar-refractivity contribution < 1.29 is 27.1 Å². The van der Waals surface area contributed by atoms with Crippen LogP contribution in [0, 0.1) is 24.2 Å². The minimum Gasteiger partial charge on any atom is -0.452 e. The van der Waals surface area contributed by atoms with Crippen LogP contribution in [0.3, 0.4) is 0 Å². The van der Waals surface area contributed by atoms with Gasteiger partial charge in [-0.25, -0.2) is 15.0 Å². The molecule has 12 heteroatoms. The number of pyridine rings is 2. The zero-order chi connectivity index (χ0) is 23.0. The second kappa shape index (κ2) is 7.82. The summed E-state index contributed by atoms with van der Waals surface area (Å²) in [6.45, 7) is 2.84. The van der Waals surface area contributed by atoms with Crippen molar-refractivity contribution in [2.24, 2.45) is 10.7 Å². The first-order chi connectivity index (χ1) is 14.4. The first-order valence-corrected chi connectivity index (χ1v) is 8.86. The summed E-state index contributed by atoms with van der Waals surface area (Å²) in [5.41, 5.74) is 4.09. The van der Waals surface area contributed by atoms with E-state index in [0.29, 0.717) is 5.56 Å². The number of alkyl halides is 3. The normalized spacial score (nSPS) is 20.9. The van der Waals surface area contributed by atoms with Gasteiger partial charge in [0.2, 0.25) is 5.95 Å². The van der Waals surface area contributed by atoms with Crippen LogP contribution in [0.5, 0.6) is 0 Å². The summed E-state index contributed by atoms with van der Waals surface area (Å²) in [7, 11) is 0. The highest BCUT2D eigenvalue weighted by Crippen LogP contribution is 2.41. The van der Waals surface area contributed by atoms with Crippen LogP contribution in [-0.4, -0.2) is 34.2 Å². The zero-order valence-corrected chi connectivity index (χ0v) is 16.3. The number of amides is 1. The minimum absolute atomic E-state index is 0.0111. The fraction of sp³-hybridized carbons (Fsp3) is 0.316. The van der Waals surface area contributed by atoms with Gasteiger partial charge in [0.05, 0.1) is 23.0 Å². The van der Waals surface area contributed by atoms with Crippen molar-refractivity contribution in [3.63, 3.8) is 0 Å². The number of anilines is 1. The van der Waals surface area contributed by atoms with Crippen LogP contribution in [0.25, 0.3) is 0 Å². The van der Waals surface area contributed by atoms with Crippen LogP contribution in [0.15, 0.2) is 29.5 Å². The van der Waals surface area contributed by atoms with Gasteiger partial charge in [-0.1, -0.05) is 0 Å². The number of aryl methyl sites for hydroxylation is 1. The molecule has 0 aliphatic carbocycles. The second-order valence-corrected chi connectivity index (χ2v) is 7.09. The molecule has 3 heterocycles. The van der Waals surface area contributed by atoms with Crippen molar-refractivity contribution in [1.29, 1.82) is 5.26 Å². The first kappa shape index (κ1) is 21.9. The number of carbonyl (C=O) groups excluding carboxylic acids is 1. The highest BCUT2D eigenvalue weighted by atomic mass is 19.4. The summed E-state index contributed by atoms with van der Waals surface area (Å²) in [4.78, 5) is 23.8. The number of hydrogen-bond acceptors (Lipinski definition) is 7. The Morgan fingerprint density at radius 3 is 2.68 bits per heavy atom. The molecule has 8 nitrogen and oxygen atoms in total. The SMILES string of the molecule is Cc1cc(C#N)cnc1C(=O)Nc1cnc(F)c(C2(C)CC(C(F)(F)F)OC(N)=N2)c1. The summed E-state index contributed by atoms with van der Waals surface area (Å²) in [5.74, 6) is -1.73. The quantitative estimate of drug-likeness (QED) is 0.563. The molecule has 2 atom stereocenters. The standard InChI is InChI=1S/C19H16F4N6O2/c1-9-3-10(6-24)7-26-14(9)16(30)28-11-4-12(15(20)27-8-11)18(2)5-13(19(21,22)23)31-17(25)29-18/h3-4,7-8,13H,5H2,1-2H3,(H2,25,29)(H,28,30). The number of amidine groups is 1. The van der Waals surface area contributed by atoms with E-state index in [4.69, 9.17) is 11.0 Å². The molecule has 1 amide bonds. The van der Waals surface area contributed by atoms with Gasteiger partial charge in [-0.15, -0.1) is 0 Å². The number of hydrogen-bond donors (Lipinski definition) is 2. The maximum Gasteiger partial charge on any atom is 0.425 e. The molecule has 1 aliphatic heterocycles. The molecule has 0 spiro atoms. The minimum atomic E-state index is -4.74. The number of nitrogens with one attached hydrogen (secondary N) is 1. The van der Waals surface area contributed by atoms with Gasteiger partial charge in [0, 0.05) is 18.2 Å². The fourth-order valence-corrected chi connectivity index (χ4v) is 3.17. The number of nitrogens with zero attached hydrogens (tertiary/aromatic N) is 4. The number of aliphatic imine (C=N–C) groups is 1. The van der Waals surface area contributed by atoms with Crippen molar-refractivity contribution in [2.45, 2.75) is 38.1 Å². The lowest BCUT2D eigenvalue weighted by Gasteiger charge is -2.35. The molecule has 0 aromatic carbocycles. The fourth-order valence-electron chi connectivity index (χ4n) is 3.17. The van der Waals surface area contributed by atoms with Crippen molar-refractivity contribution in [1.82, 2.24) is 9.97 Å². The van der Waals surface area contributed by atoms with Crippen LogP contribution in [-0.2, 0) is 10.3 Å². The Bertz CT molecular complexity index is 1110. The van der Waals surface area contributed by atoms with Crippen molar-refractivity contribution >= 4 is 17.6 Å². The summed E-state index contributed by atoms with van der Waals surface area (Å²) in [6, 6.07) is 3.76. The third-order valence-corrected chi connectivity index (χ3v) is 4.67. The Kier molecular flexibility index (Phi) is 5.54. The van der Waals surface area contributed by atoms with E-state index in [1.165, 1.54) is 19.2 Å². The Morgan fingerprint density at radius 2 is 2.06 bits per heavy atom. The highest BCUT2D eigenvalue weighted by molar-refractivity contribution is 6.03. The summed E-state index contributed by atoms with van der Waals surface area (Å²) < 4.78 is 58.5. The molecule has 0 fully saturated rings. The summed E-state index contributed by atoms with van der Waals surface area (Å²) >= 11 is 0. The molecule has 0 saturated carbocycles. The predicted molar refractivity (Wildman–Crippen MR) is 100 cm³/mol. The van der Waals surface area contributed by atoms with Gasteiger partial charge in [-0.2, -0.15) is 22.8 Å². The van der Waals surface area contributed by atoms with Crippen molar-refractivity contribution in [3.8, 4) is 6.07 Å². The molecule has 3 rings (SSSR count). The zero-order valence-electron chi connectivity index (χ0n) is 16.3. The van der Waals surface area contributed by atoms with Crippen LogP contribution in [0.2, 0.25) is 0 Å². The lowest BCUT2D eigenvalue weighted by Crippen LogP contribution is -2.46. The summed E-state index contributed by atoms with van der Waals surface area (Å²) in [5, 5.41) is 11.4. The van der Waals surface area contributed by atoms with Crippen LogP contribution in [0.4, 0.5) is 23.2 Å². The monoisotopic (exact) mass is 436 g/mol. The van der Waals surface area contributed by atoms with Gasteiger partial charge >= 0.3 is 6.18 Å². The largest absolute Gasteiger partial charge is 0.452 e. The molecule has 0 radical (unpaired) electrons. The number of ether oxygens (including phenoxy) is 1. The Morgan fingerprint density at radius 1 is 1.35 bits per heavy atom. The van der Waals surface area contributed by atoms with E-state index < -0.39 is 42.1 Å². The molecule has 31 heavy (non-hydrogen) atoms. The van der Waals surface area contributed by atoms with E-state index in [0.717, 1.165) is 12.3 Å². The van der Waals surface area contributed by atoms with E-state index in [1.807, 2.05) is 6.07 Å². The van der Waals surface area contributed by atoms with Gasteiger partial charge in [-0.05, 0) is 31.5 Å². The van der Waals surface area contributed by atoms with E-state index in [1.54, 1.807) is 6.92 Å². The highest BCUT2D eigenvalue weighted by Gasteiger charge is 2.50. The first-order valence-electron chi connectivity index (χ1n) is 8.86. The molecule has 2 aromatic heterocycles. The maximum atomic E-state index is 14.5. The average molecular weight is 436 g/mol. The molecular weight excluding hydrogens is 420 g/mol. The van der Waals surface area contributed by atoms with E-state index in [-0.39, 0.29) is 22.5 Å². The third-order valence-electron chi connectivity index (χ3n) is 4.67. The Balaban J connectivity index is 1.93.